The Morgan fingerprint density at radius 1 is 1.42 bits per heavy atom. The Morgan fingerprint density at radius 2 is 2.26 bits per heavy atom. The quantitative estimate of drug-likeness (QED) is 0.810. The van der Waals surface area contributed by atoms with Gasteiger partial charge in [0.1, 0.15) is 11.9 Å². The summed E-state index contributed by atoms with van der Waals surface area (Å²) in [4.78, 5) is 0. The van der Waals surface area contributed by atoms with E-state index in [-0.39, 0.29) is 6.10 Å². The molecule has 2 rings (SSSR count). The molecule has 0 amide bonds. The van der Waals surface area contributed by atoms with Gasteiger partial charge in [-0.1, -0.05) is 37.6 Å². The van der Waals surface area contributed by atoms with Crippen LogP contribution in [0.2, 0.25) is 5.02 Å². The Kier molecular flexibility index (Phi) is 5.29. The molecule has 1 aliphatic rings. The molecule has 1 atom stereocenters. The number of hydrogen-bond donors (Lipinski definition) is 1. The second-order valence-electron chi connectivity index (χ2n) is 5.32. The maximum Gasteiger partial charge on any atom is 0.138 e. The molecule has 1 aromatic rings. The predicted molar refractivity (Wildman–Crippen MR) is 80.8 cm³/mol. The van der Waals surface area contributed by atoms with Gasteiger partial charge < -0.3 is 10.1 Å². The smallest absolute Gasteiger partial charge is 0.138 e. The Labute approximate surface area is 120 Å². The van der Waals surface area contributed by atoms with Gasteiger partial charge in [-0.25, -0.2) is 0 Å². The van der Waals surface area contributed by atoms with Gasteiger partial charge in [0.25, 0.3) is 0 Å². The predicted octanol–water partition coefficient (Wildman–Crippen LogP) is 4.33. The van der Waals surface area contributed by atoms with Crippen molar-refractivity contribution in [2.75, 3.05) is 0 Å². The largest absolute Gasteiger partial charge is 0.485 e. The molecular formula is C16H22ClNO. The van der Waals surface area contributed by atoms with Crippen LogP contribution in [0.25, 0.3) is 0 Å². The third-order valence-electron chi connectivity index (χ3n) is 3.20. The van der Waals surface area contributed by atoms with Crippen LogP contribution in [0, 0.1) is 0 Å². The number of ether oxygens (including phenoxy) is 1. The third-order valence-corrected chi connectivity index (χ3v) is 3.49. The van der Waals surface area contributed by atoms with E-state index in [0.29, 0.717) is 11.1 Å². The molecule has 0 spiro atoms. The molecule has 19 heavy (non-hydrogen) atoms. The lowest BCUT2D eigenvalue weighted by molar-refractivity contribution is 0.230. The summed E-state index contributed by atoms with van der Waals surface area (Å²) >= 11 is 6.29. The van der Waals surface area contributed by atoms with Gasteiger partial charge in [0, 0.05) is 12.6 Å². The van der Waals surface area contributed by atoms with E-state index in [1.165, 1.54) is 12.0 Å². The van der Waals surface area contributed by atoms with Crippen molar-refractivity contribution in [3.63, 3.8) is 0 Å². The number of allylic oxidation sites excluding steroid dienone is 1. The first-order chi connectivity index (χ1) is 9.15. The lowest BCUT2D eigenvalue weighted by atomic mass is 10.1. The molecule has 0 saturated heterocycles. The van der Waals surface area contributed by atoms with Gasteiger partial charge in [-0.2, -0.15) is 0 Å². The van der Waals surface area contributed by atoms with Gasteiger partial charge in [-0.3, -0.25) is 0 Å². The van der Waals surface area contributed by atoms with Gasteiger partial charge in [0.05, 0.1) is 5.02 Å². The Balaban J connectivity index is 1.98. The molecule has 3 heteroatoms. The molecule has 1 aliphatic carbocycles. The number of nitrogens with one attached hydrogen (secondary N) is 1. The van der Waals surface area contributed by atoms with Crippen LogP contribution in [0.4, 0.5) is 0 Å². The van der Waals surface area contributed by atoms with Crippen LogP contribution in [-0.2, 0) is 6.54 Å². The SMILES string of the molecule is CC(C)NCc1ccc(OC2C=CCCC2)c(Cl)c1. The van der Waals surface area contributed by atoms with Crippen LogP contribution in [0.15, 0.2) is 30.4 Å². The van der Waals surface area contributed by atoms with Crippen molar-refractivity contribution in [3.8, 4) is 5.75 Å². The topological polar surface area (TPSA) is 21.3 Å². The lowest BCUT2D eigenvalue weighted by Crippen LogP contribution is -2.21. The fourth-order valence-electron chi connectivity index (χ4n) is 2.11. The standard InChI is InChI=1S/C16H22ClNO/c1-12(2)18-11-13-8-9-16(15(17)10-13)19-14-6-4-3-5-7-14/h4,6,8-10,12,14,18H,3,5,7,11H2,1-2H3. The fourth-order valence-corrected chi connectivity index (χ4v) is 2.36. The van der Waals surface area contributed by atoms with Gasteiger partial charge in [0.2, 0.25) is 0 Å². The molecule has 1 aromatic carbocycles. The zero-order valence-electron chi connectivity index (χ0n) is 11.7. The highest BCUT2D eigenvalue weighted by molar-refractivity contribution is 6.32. The first-order valence-corrected chi connectivity index (χ1v) is 7.38. The van der Waals surface area contributed by atoms with Crippen LogP contribution in [0.3, 0.4) is 0 Å². The zero-order valence-corrected chi connectivity index (χ0v) is 12.4. The average molecular weight is 280 g/mol. The van der Waals surface area contributed by atoms with Crippen molar-refractivity contribution in [3.05, 3.63) is 40.9 Å². The minimum Gasteiger partial charge on any atom is -0.485 e. The molecule has 1 N–H and O–H groups in total. The minimum absolute atomic E-state index is 0.172. The summed E-state index contributed by atoms with van der Waals surface area (Å²) in [5.74, 6) is 0.784. The van der Waals surface area contributed by atoms with Crippen molar-refractivity contribution in [2.45, 2.75) is 51.8 Å². The molecular weight excluding hydrogens is 258 g/mol. The summed E-state index contributed by atoms with van der Waals surface area (Å²) in [5, 5.41) is 4.08. The number of halogens is 1. The number of benzene rings is 1. The summed E-state index contributed by atoms with van der Waals surface area (Å²) in [6.45, 7) is 5.10. The van der Waals surface area contributed by atoms with Crippen LogP contribution in [0.5, 0.6) is 5.75 Å². The average Bonchev–Trinajstić information content (AvgIpc) is 2.40. The molecule has 2 nitrogen and oxygen atoms in total. The maximum atomic E-state index is 6.29. The maximum absolute atomic E-state index is 6.29. The second kappa shape index (κ2) is 6.97. The summed E-state index contributed by atoms with van der Waals surface area (Å²) in [7, 11) is 0. The van der Waals surface area contributed by atoms with Crippen LogP contribution in [-0.4, -0.2) is 12.1 Å². The molecule has 0 aliphatic heterocycles. The van der Waals surface area contributed by atoms with E-state index in [0.717, 1.165) is 25.1 Å². The highest BCUT2D eigenvalue weighted by Gasteiger charge is 2.12. The Morgan fingerprint density at radius 3 is 2.89 bits per heavy atom. The fraction of sp³-hybridized carbons (Fsp3) is 0.500. The van der Waals surface area contributed by atoms with Gasteiger partial charge in [0.15, 0.2) is 0 Å². The van der Waals surface area contributed by atoms with Crippen molar-refractivity contribution >= 4 is 11.6 Å². The van der Waals surface area contributed by atoms with Crippen molar-refractivity contribution in [1.82, 2.24) is 5.32 Å². The first-order valence-electron chi connectivity index (χ1n) is 7.00. The van der Waals surface area contributed by atoms with Crippen molar-refractivity contribution < 1.29 is 4.74 Å². The summed E-state index contributed by atoms with van der Waals surface area (Å²) in [5.41, 5.74) is 1.19. The molecule has 0 aromatic heterocycles. The van der Waals surface area contributed by atoms with Crippen molar-refractivity contribution in [2.24, 2.45) is 0 Å². The molecule has 1 unspecified atom stereocenters. The lowest BCUT2D eigenvalue weighted by Gasteiger charge is -2.19. The highest BCUT2D eigenvalue weighted by Crippen LogP contribution is 2.28. The van der Waals surface area contributed by atoms with Crippen LogP contribution < -0.4 is 10.1 Å². The molecule has 0 bridgehead atoms. The normalized spacial score (nSPS) is 18.8. The van der Waals surface area contributed by atoms with Crippen molar-refractivity contribution in [1.29, 1.82) is 0 Å². The van der Waals surface area contributed by atoms with E-state index < -0.39 is 0 Å². The van der Waals surface area contributed by atoms with E-state index in [1.54, 1.807) is 0 Å². The zero-order chi connectivity index (χ0) is 13.7. The van der Waals surface area contributed by atoms with E-state index in [2.05, 4.69) is 37.4 Å². The molecule has 104 valence electrons. The summed E-state index contributed by atoms with van der Waals surface area (Å²) < 4.78 is 5.93. The van der Waals surface area contributed by atoms with E-state index in [9.17, 15) is 0 Å². The van der Waals surface area contributed by atoms with Crippen LogP contribution in [0.1, 0.15) is 38.7 Å². The van der Waals surface area contributed by atoms with Crippen LogP contribution >= 0.6 is 11.6 Å². The second-order valence-corrected chi connectivity index (χ2v) is 5.72. The van der Waals surface area contributed by atoms with E-state index >= 15 is 0 Å². The summed E-state index contributed by atoms with van der Waals surface area (Å²) in [6, 6.07) is 6.51. The van der Waals surface area contributed by atoms with Gasteiger partial charge in [-0.05, 0) is 43.0 Å². The van der Waals surface area contributed by atoms with Gasteiger partial charge in [-0.15, -0.1) is 0 Å². The first kappa shape index (κ1) is 14.4. The Hall–Kier alpha value is -0.990. The molecule has 0 heterocycles. The summed E-state index contributed by atoms with van der Waals surface area (Å²) in [6.07, 6.45) is 7.91. The number of rotatable bonds is 5. The monoisotopic (exact) mass is 279 g/mol. The number of hydrogen-bond acceptors (Lipinski definition) is 2. The minimum atomic E-state index is 0.172. The molecule has 0 fully saturated rings. The van der Waals surface area contributed by atoms with E-state index in [4.69, 9.17) is 16.3 Å². The Bertz CT molecular complexity index is 442. The highest BCUT2D eigenvalue weighted by atomic mass is 35.5. The van der Waals surface area contributed by atoms with Gasteiger partial charge >= 0.3 is 0 Å². The molecule has 0 saturated carbocycles. The van der Waals surface area contributed by atoms with E-state index in [1.807, 2.05) is 12.1 Å². The third kappa shape index (κ3) is 4.55. The molecule has 0 radical (unpaired) electrons.